The Balaban J connectivity index is 2.95. The summed E-state index contributed by atoms with van der Waals surface area (Å²) in [4.78, 5) is 22.0. The molecule has 0 aromatic heterocycles. The molecule has 0 bridgehead atoms. The molecule has 2 unspecified atom stereocenters. The first-order chi connectivity index (χ1) is 6.54. The summed E-state index contributed by atoms with van der Waals surface area (Å²) in [6, 6.07) is 0. The second-order valence-corrected chi connectivity index (χ2v) is 3.59. The molecule has 0 amide bonds. The monoisotopic (exact) mass is 201 g/mol. The second-order valence-electron chi connectivity index (χ2n) is 3.59. The molecule has 5 nitrogen and oxygen atoms in total. The molecule has 3 N–H and O–H groups in total. The minimum absolute atomic E-state index is 0.396. The number of rotatable bonds is 4. The van der Waals surface area contributed by atoms with Crippen LogP contribution in [0.2, 0.25) is 0 Å². The highest BCUT2D eigenvalue weighted by Gasteiger charge is 2.52. The van der Waals surface area contributed by atoms with Gasteiger partial charge in [-0.05, 0) is 19.4 Å². The minimum Gasteiger partial charge on any atom is -0.481 e. The molecule has 0 heterocycles. The molecular formula is C9H15NO4. The van der Waals surface area contributed by atoms with E-state index < -0.39 is 23.4 Å². The van der Waals surface area contributed by atoms with Crippen LogP contribution in [-0.4, -0.2) is 34.2 Å². The third-order valence-electron chi connectivity index (χ3n) is 2.83. The molecule has 0 aliphatic heterocycles. The molecule has 1 fully saturated rings. The first-order valence-electron chi connectivity index (χ1n) is 4.76. The summed E-state index contributed by atoms with van der Waals surface area (Å²) in [6.07, 6.45) is 1.48. The van der Waals surface area contributed by atoms with Crippen LogP contribution >= 0.6 is 0 Å². The highest BCUT2D eigenvalue weighted by Crippen LogP contribution is 2.36. The molecule has 80 valence electrons. The molecule has 0 aromatic carbocycles. The summed E-state index contributed by atoms with van der Waals surface area (Å²) >= 11 is 0. The SMILES string of the molecule is CCNC1(C(=O)O)CCCC1C(=O)O. The van der Waals surface area contributed by atoms with Crippen molar-refractivity contribution in [2.75, 3.05) is 6.54 Å². The molecule has 2 atom stereocenters. The molecule has 0 saturated heterocycles. The van der Waals surface area contributed by atoms with Gasteiger partial charge in [-0.25, -0.2) is 0 Å². The zero-order chi connectivity index (χ0) is 10.8. The number of carboxylic acids is 2. The Morgan fingerprint density at radius 2 is 2.14 bits per heavy atom. The van der Waals surface area contributed by atoms with Crippen molar-refractivity contribution < 1.29 is 19.8 Å². The third-order valence-corrected chi connectivity index (χ3v) is 2.83. The number of hydrogen-bond acceptors (Lipinski definition) is 3. The van der Waals surface area contributed by atoms with Gasteiger partial charge in [-0.2, -0.15) is 0 Å². The zero-order valence-corrected chi connectivity index (χ0v) is 8.12. The molecule has 5 heteroatoms. The molecule has 0 spiro atoms. The summed E-state index contributed by atoms with van der Waals surface area (Å²) in [5.74, 6) is -2.88. The van der Waals surface area contributed by atoms with E-state index in [2.05, 4.69) is 5.32 Å². The van der Waals surface area contributed by atoms with E-state index in [9.17, 15) is 9.59 Å². The molecule has 0 aromatic rings. The quantitative estimate of drug-likeness (QED) is 0.609. The van der Waals surface area contributed by atoms with Gasteiger partial charge >= 0.3 is 11.9 Å². The fraction of sp³-hybridized carbons (Fsp3) is 0.778. The molecule has 1 rings (SSSR count). The lowest BCUT2D eigenvalue weighted by atomic mass is 9.87. The van der Waals surface area contributed by atoms with Crippen LogP contribution in [0.5, 0.6) is 0 Å². The number of nitrogens with one attached hydrogen (secondary N) is 1. The van der Waals surface area contributed by atoms with Crippen molar-refractivity contribution in [3.63, 3.8) is 0 Å². The minimum atomic E-state index is -1.25. The zero-order valence-electron chi connectivity index (χ0n) is 8.12. The maximum absolute atomic E-state index is 11.1. The van der Waals surface area contributed by atoms with Gasteiger partial charge in [0.1, 0.15) is 5.54 Å². The van der Waals surface area contributed by atoms with Crippen molar-refractivity contribution in [3.8, 4) is 0 Å². The van der Waals surface area contributed by atoms with E-state index in [1.165, 1.54) is 0 Å². The van der Waals surface area contributed by atoms with Gasteiger partial charge in [0, 0.05) is 0 Å². The van der Waals surface area contributed by atoms with Crippen LogP contribution < -0.4 is 5.32 Å². The van der Waals surface area contributed by atoms with Gasteiger partial charge in [-0.3, -0.25) is 9.59 Å². The Morgan fingerprint density at radius 3 is 2.57 bits per heavy atom. The van der Waals surface area contributed by atoms with Crippen LogP contribution in [0.3, 0.4) is 0 Å². The summed E-state index contributed by atoms with van der Waals surface area (Å²) < 4.78 is 0. The largest absolute Gasteiger partial charge is 0.481 e. The highest BCUT2D eigenvalue weighted by molar-refractivity contribution is 5.87. The average molecular weight is 201 g/mol. The van der Waals surface area contributed by atoms with E-state index in [4.69, 9.17) is 10.2 Å². The van der Waals surface area contributed by atoms with Crippen molar-refractivity contribution >= 4 is 11.9 Å². The molecule has 1 aliphatic rings. The molecular weight excluding hydrogens is 186 g/mol. The molecule has 14 heavy (non-hydrogen) atoms. The van der Waals surface area contributed by atoms with Crippen molar-refractivity contribution in [1.29, 1.82) is 0 Å². The van der Waals surface area contributed by atoms with Gasteiger partial charge in [0.15, 0.2) is 0 Å². The number of carbonyl (C=O) groups is 2. The van der Waals surface area contributed by atoms with Crippen molar-refractivity contribution in [2.24, 2.45) is 5.92 Å². The van der Waals surface area contributed by atoms with Gasteiger partial charge in [0.25, 0.3) is 0 Å². The van der Waals surface area contributed by atoms with E-state index in [0.717, 1.165) is 0 Å². The Labute approximate surface area is 82.1 Å². The number of likely N-dealkylation sites (N-methyl/N-ethyl adjacent to an activating group) is 1. The van der Waals surface area contributed by atoms with Gasteiger partial charge in [0.05, 0.1) is 5.92 Å². The summed E-state index contributed by atoms with van der Waals surface area (Å²) in [7, 11) is 0. The van der Waals surface area contributed by atoms with E-state index in [1.54, 1.807) is 6.92 Å². The van der Waals surface area contributed by atoms with Crippen molar-refractivity contribution in [3.05, 3.63) is 0 Å². The van der Waals surface area contributed by atoms with E-state index in [1.807, 2.05) is 0 Å². The maximum Gasteiger partial charge on any atom is 0.324 e. The normalized spacial score (nSPS) is 31.6. The van der Waals surface area contributed by atoms with Crippen LogP contribution in [-0.2, 0) is 9.59 Å². The topological polar surface area (TPSA) is 86.6 Å². The van der Waals surface area contributed by atoms with Crippen LogP contribution in [0.1, 0.15) is 26.2 Å². The van der Waals surface area contributed by atoms with Gasteiger partial charge < -0.3 is 15.5 Å². The summed E-state index contributed by atoms with van der Waals surface area (Å²) in [5.41, 5.74) is -1.25. The first-order valence-corrected chi connectivity index (χ1v) is 4.76. The Kier molecular flexibility index (Phi) is 3.10. The highest BCUT2D eigenvalue weighted by atomic mass is 16.4. The summed E-state index contributed by atoms with van der Waals surface area (Å²) in [6.45, 7) is 2.25. The van der Waals surface area contributed by atoms with E-state index in [-0.39, 0.29) is 0 Å². The number of carboxylic acid groups (broad SMARTS) is 2. The van der Waals surface area contributed by atoms with Crippen LogP contribution in [0.15, 0.2) is 0 Å². The van der Waals surface area contributed by atoms with Crippen LogP contribution in [0, 0.1) is 5.92 Å². The van der Waals surface area contributed by atoms with E-state index in [0.29, 0.717) is 25.8 Å². The Bertz CT molecular complexity index is 253. The van der Waals surface area contributed by atoms with E-state index >= 15 is 0 Å². The van der Waals surface area contributed by atoms with Crippen molar-refractivity contribution in [1.82, 2.24) is 5.32 Å². The second kappa shape index (κ2) is 3.96. The number of aliphatic carboxylic acids is 2. The van der Waals surface area contributed by atoms with Gasteiger partial charge in [-0.15, -0.1) is 0 Å². The number of hydrogen-bond donors (Lipinski definition) is 3. The molecule has 0 radical (unpaired) electrons. The van der Waals surface area contributed by atoms with Gasteiger partial charge in [-0.1, -0.05) is 13.3 Å². The third kappa shape index (κ3) is 1.59. The molecule has 1 aliphatic carbocycles. The van der Waals surface area contributed by atoms with Crippen LogP contribution in [0.4, 0.5) is 0 Å². The lowest BCUT2D eigenvalue weighted by Crippen LogP contribution is -2.56. The average Bonchev–Trinajstić information content (AvgIpc) is 2.50. The maximum atomic E-state index is 11.1. The fourth-order valence-electron chi connectivity index (χ4n) is 2.20. The smallest absolute Gasteiger partial charge is 0.324 e. The summed E-state index contributed by atoms with van der Waals surface area (Å²) in [5, 5.41) is 20.8. The lowest BCUT2D eigenvalue weighted by Gasteiger charge is -2.29. The predicted molar refractivity (Wildman–Crippen MR) is 49.0 cm³/mol. The standard InChI is InChI=1S/C9H15NO4/c1-2-10-9(8(13)14)5-3-4-6(9)7(11)12/h6,10H,2-5H2,1H3,(H,11,12)(H,13,14). The Morgan fingerprint density at radius 1 is 1.50 bits per heavy atom. The van der Waals surface area contributed by atoms with Crippen molar-refractivity contribution in [2.45, 2.75) is 31.7 Å². The Hall–Kier alpha value is -1.10. The van der Waals surface area contributed by atoms with Crippen LogP contribution in [0.25, 0.3) is 0 Å². The fourth-order valence-corrected chi connectivity index (χ4v) is 2.20. The lowest BCUT2D eigenvalue weighted by molar-refractivity contribution is -0.155. The molecule has 1 saturated carbocycles. The van der Waals surface area contributed by atoms with Gasteiger partial charge in [0.2, 0.25) is 0 Å². The first kappa shape index (κ1) is 11.0. The predicted octanol–water partition coefficient (Wildman–Crippen LogP) is 0.304.